The van der Waals surface area contributed by atoms with Gasteiger partial charge in [0, 0.05) is 35.0 Å². The number of carbonyl (C=O) groups excluding carboxylic acids is 1. The van der Waals surface area contributed by atoms with Gasteiger partial charge in [-0.05, 0) is 4.83 Å². The first-order valence-electron chi connectivity index (χ1n) is 3.14. The van der Waals surface area contributed by atoms with E-state index < -0.39 is 0 Å². The van der Waals surface area contributed by atoms with Crippen LogP contribution in [0.4, 0.5) is 5.82 Å². The summed E-state index contributed by atoms with van der Waals surface area (Å²) < 4.78 is 1.55. The molecule has 1 N–H and O–H groups in total. The number of carbonyl (C=O) groups is 1. The standard InChI is InChI=1S/C7H6BrN3O/c1-11-6(3-5-9-11)10-7(12)2-4-8/h3,5H,1H3,(H,10,12). The predicted molar refractivity (Wildman–Crippen MR) is 48.5 cm³/mol. The number of hydrogen-bond donors (Lipinski definition) is 1. The van der Waals surface area contributed by atoms with Crippen molar-refractivity contribution >= 4 is 27.7 Å². The van der Waals surface area contributed by atoms with Crippen molar-refractivity contribution < 1.29 is 4.79 Å². The Hall–Kier alpha value is -1.28. The second-order valence-electron chi connectivity index (χ2n) is 2.01. The highest BCUT2D eigenvalue weighted by molar-refractivity contribution is 9.12. The summed E-state index contributed by atoms with van der Waals surface area (Å²) in [5.41, 5.74) is 0. The minimum atomic E-state index is -0.365. The molecule has 5 heteroatoms. The fourth-order valence-electron chi connectivity index (χ4n) is 0.687. The molecule has 62 valence electrons. The smallest absolute Gasteiger partial charge is 0.300 e. The van der Waals surface area contributed by atoms with Crippen molar-refractivity contribution in [2.24, 2.45) is 7.05 Å². The van der Waals surface area contributed by atoms with Gasteiger partial charge in [-0.25, -0.2) is 0 Å². The lowest BCUT2D eigenvalue weighted by molar-refractivity contribution is -0.111. The molecule has 12 heavy (non-hydrogen) atoms. The number of nitrogens with zero attached hydrogens (tertiary/aromatic N) is 2. The second-order valence-corrected chi connectivity index (χ2v) is 2.41. The summed E-state index contributed by atoms with van der Waals surface area (Å²) in [4.78, 5) is 13.2. The van der Waals surface area contributed by atoms with Gasteiger partial charge in [0.1, 0.15) is 5.82 Å². The third kappa shape index (κ3) is 2.10. The molecule has 1 aromatic heterocycles. The molecule has 0 aromatic carbocycles. The summed E-state index contributed by atoms with van der Waals surface area (Å²) in [6.45, 7) is 0. The van der Waals surface area contributed by atoms with Crippen LogP contribution in [0.5, 0.6) is 0 Å². The van der Waals surface area contributed by atoms with Gasteiger partial charge in [0.05, 0.1) is 6.20 Å². The molecule has 0 radical (unpaired) electrons. The molecule has 1 amide bonds. The lowest BCUT2D eigenvalue weighted by atomic mass is 10.5. The molecule has 0 unspecified atom stereocenters. The Bertz CT molecular complexity index is 347. The van der Waals surface area contributed by atoms with E-state index in [1.807, 2.05) is 0 Å². The molecule has 0 atom stereocenters. The normalized spacial score (nSPS) is 8.50. The van der Waals surface area contributed by atoms with Gasteiger partial charge in [-0.2, -0.15) is 5.10 Å². The maximum Gasteiger partial charge on any atom is 0.302 e. The average Bonchev–Trinajstić information content (AvgIpc) is 2.37. The second kappa shape index (κ2) is 3.93. The maximum atomic E-state index is 10.9. The lowest BCUT2D eigenvalue weighted by Gasteiger charge is -1.98. The molecule has 1 aromatic rings. The summed E-state index contributed by atoms with van der Waals surface area (Å²) in [6, 6.07) is 1.69. The molecule has 0 aliphatic heterocycles. The molecule has 0 spiro atoms. The zero-order chi connectivity index (χ0) is 8.97. The molecule has 0 fully saturated rings. The first-order valence-corrected chi connectivity index (χ1v) is 3.94. The van der Waals surface area contributed by atoms with Gasteiger partial charge in [0.2, 0.25) is 0 Å². The molecular formula is C7H6BrN3O. The first kappa shape index (κ1) is 8.81. The fourth-order valence-corrected chi connectivity index (χ4v) is 0.867. The van der Waals surface area contributed by atoms with Crippen molar-refractivity contribution in [2.75, 3.05) is 5.32 Å². The topological polar surface area (TPSA) is 46.9 Å². The Morgan fingerprint density at radius 3 is 3.08 bits per heavy atom. The quantitative estimate of drug-likeness (QED) is 0.719. The monoisotopic (exact) mass is 227 g/mol. The first-order chi connectivity index (χ1) is 5.74. The molecule has 0 aliphatic carbocycles. The highest BCUT2D eigenvalue weighted by atomic mass is 79.9. The van der Waals surface area contributed by atoms with Crippen LogP contribution in [0.25, 0.3) is 0 Å². The van der Waals surface area contributed by atoms with Crippen molar-refractivity contribution in [1.82, 2.24) is 9.78 Å². The van der Waals surface area contributed by atoms with Crippen LogP contribution in [-0.4, -0.2) is 15.7 Å². The molecular weight excluding hydrogens is 222 g/mol. The van der Waals surface area contributed by atoms with Crippen molar-refractivity contribution in [3.8, 4) is 10.8 Å². The summed E-state index contributed by atoms with van der Waals surface area (Å²) in [5.74, 6) is 2.54. The number of halogens is 1. The highest BCUT2D eigenvalue weighted by Crippen LogP contribution is 2.01. The zero-order valence-electron chi connectivity index (χ0n) is 6.34. The third-order valence-corrected chi connectivity index (χ3v) is 1.42. The molecule has 0 bridgehead atoms. The number of nitrogens with one attached hydrogen (secondary N) is 1. The molecule has 0 aliphatic rings. The minimum absolute atomic E-state index is 0.365. The SMILES string of the molecule is Cn1nccc1NC(=O)C#CBr. The summed E-state index contributed by atoms with van der Waals surface area (Å²) >= 11 is 2.83. The van der Waals surface area contributed by atoms with E-state index in [0.717, 1.165) is 0 Å². The number of rotatable bonds is 1. The van der Waals surface area contributed by atoms with Gasteiger partial charge in [-0.1, -0.05) is 0 Å². The highest BCUT2D eigenvalue weighted by Gasteiger charge is 2.00. The summed E-state index contributed by atoms with van der Waals surface area (Å²) in [7, 11) is 1.73. The maximum absolute atomic E-state index is 10.9. The van der Waals surface area contributed by atoms with Crippen molar-refractivity contribution in [2.45, 2.75) is 0 Å². The van der Waals surface area contributed by atoms with Crippen molar-refractivity contribution in [3.05, 3.63) is 12.3 Å². The number of aryl methyl sites for hydroxylation is 1. The van der Waals surface area contributed by atoms with E-state index >= 15 is 0 Å². The van der Waals surface area contributed by atoms with Crippen LogP contribution in [0, 0.1) is 10.8 Å². The number of anilines is 1. The zero-order valence-corrected chi connectivity index (χ0v) is 7.92. The molecule has 0 saturated carbocycles. The van der Waals surface area contributed by atoms with Crippen LogP contribution in [0.1, 0.15) is 0 Å². The van der Waals surface area contributed by atoms with E-state index in [1.165, 1.54) is 0 Å². The Labute approximate surface area is 78.1 Å². The van der Waals surface area contributed by atoms with Gasteiger partial charge < -0.3 is 0 Å². The van der Waals surface area contributed by atoms with E-state index in [-0.39, 0.29) is 5.91 Å². The van der Waals surface area contributed by atoms with Gasteiger partial charge in [0.25, 0.3) is 0 Å². The van der Waals surface area contributed by atoms with Crippen LogP contribution in [0.15, 0.2) is 12.3 Å². The number of amides is 1. The van der Waals surface area contributed by atoms with E-state index in [9.17, 15) is 4.79 Å². The minimum Gasteiger partial charge on any atom is -0.300 e. The number of hydrogen-bond acceptors (Lipinski definition) is 2. The van der Waals surface area contributed by atoms with E-state index in [0.29, 0.717) is 5.82 Å². The molecule has 1 heterocycles. The summed E-state index contributed by atoms with van der Waals surface area (Å²) in [5, 5.41) is 6.42. The Balaban J connectivity index is 2.68. The molecule has 0 saturated heterocycles. The van der Waals surface area contributed by atoms with Gasteiger partial charge >= 0.3 is 5.91 Å². The van der Waals surface area contributed by atoms with Gasteiger partial charge in [0.15, 0.2) is 0 Å². The van der Waals surface area contributed by atoms with E-state index in [4.69, 9.17) is 0 Å². The van der Waals surface area contributed by atoms with Crippen LogP contribution in [0.3, 0.4) is 0 Å². The van der Waals surface area contributed by atoms with Crippen LogP contribution >= 0.6 is 15.9 Å². The predicted octanol–water partition coefficient (Wildman–Crippen LogP) is 0.714. The van der Waals surface area contributed by atoms with Gasteiger partial charge in [-0.3, -0.25) is 14.8 Å². The molecule has 1 rings (SSSR count). The van der Waals surface area contributed by atoms with Crippen LogP contribution in [0.2, 0.25) is 0 Å². The van der Waals surface area contributed by atoms with Crippen molar-refractivity contribution in [3.63, 3.8) is 0 Å². The molecule has 4 nitrogen and oxygen atoms in total. The van der Waals surface area contributed by atoms with Gasteiger partial charge in [-0.15, -0.1) is 0 Å². The van der Waals surface area contributed by atoms with Crippen molar-refractivity contribution in [1.29, 1.82) is 0 Å². The van der Waals surface area contributed by atoms with E-state index in [2.05, 4.69) is 37.1 Å². The number of aromatic nitrogens is 2. The Kier molecular flexibility index (Phi) is 2.88. The van der Waals surface area contributed by atoms with E-state index in [1.54, 1.807) is 24.0 Å². The Morgan fingerprint density at radius 1 is 1.83 bits per heavy atom. The van der Waals surface area contributed by atoms with Crippen LogP contribution in [-0.2, 0) is 11.8 Å². The van der Waals surface area contributed by atoms with Crippen LogP contribution < -0.4 is 5.32 Å². The third-order valence-electron chi connectivity index (χ3n) is 1.22. The average molecular weight is 228 g/mol. The fraction of sp³-hybridized carbons (Fsp3) is 0.143. The Morgan fingerprint density at radius 2 is 2.58 bits per heavy atom. The summed E-state index contributed by atoms with van der Waals surface area (Å²) in [6.07, 6.45) is 1.59. The lowest BCUT2D eigenvalue weighted by Crippen LogP contribution is -2.11. The largest absolute Gasteiger partial charge is 0.302 e.